The molecule has 1 saturated carbocycles. The van der Waals surface area contributed by atoms with E-state index in [1.54, 1.807) is 0 Å². The van der Waals surface area contributed by atoms with Crippen molar-refractivity contribution in [3.8, 4) is 0 Å². The normalized spacial score (nSPS) is 46.8. The Morgan fingerprint density at radius 2 is 2.06 bits per heavy atom. The first-order valence-electron chi connectivity index (χ1n) is 6.89. The van der Waals surface area contributed by atoms with Gasteiger partial charge in [0.15, 0.2) is 0 Å². The number of esters is 1. The third kappa shape index (κ3) is 1.49. The van der Waals surface area contributed by atoms with Crippen LogP contribution in [0.4, 0.5) is 0 Å². The molecule has 3 nitrogen and oxygen atoms in total. The summed E-state index contributed by atoms with van der Waals surface area (Å²) in [6, 6.07) is 0. The van der Waals surface area contributed by atoms with E-state index in [4.69, 9.17) is 9.47 Å². The van der Waals surface area contributed by atoms with Gasteiger partial charge in [-0.15, -0.1) is 0 Å². The van der Waals surface area contributed by atoms with Gasteiger partial charge in [0, 0.05) is 0 Å². The minimum absolute atomic E-state index is 0.0435. The summed E-state index contributed by atoms with van der Waals surface area (Å²) >= 11 is 0. The monoisotopic (exact) mass is 250 g/mol. The Kier molecular flexibility index (Phi) is 2.44. The number of rotatable bonds is 0. The molecular weight excluding hydrogens is 228 g/mol. The van der Waals surface area contributed by atoms with E-state index in [1.165, 1.54) is 0 Å². The van der Waals surface area contributed by atoms with Crippen molar-refractivity contribution in [2.45, 2.75) is 52.9 Å². The van der Waals surface area contributed by atoms with Crippen LogP contribution in [0.5, 0.6) is 0 Å². The Morgan fingerprint density at radius 1 is 1.33 bits per heavy atom. The quantitative estimate of drug-likeness (QED) is 0.490. The Morgan fingerprint density at radius 3 is 2.56 bits per heavy atom. The highest BCUT2D eigenvalue weighted by Crippen LogP contribution is 2.59. The van der Waals surface area contributed by atoms with E-state index in [2.05, 4.69) is 32.9 Å². The lowest BCUT2D eigenvalue weighted by Gasteiger charge is -2.50. The zero-order chi connectivity index (χ0) is 13.1. The lowest BCUT2D eigenvalue weighted by atomic mass is 9.63. The number of cyclic esters (lactones) is 1. The topological polar surface area (TPSA) is 35.5 Å². The van der Waals surface area contributed by atoms with Crippen molar-refractivity contribution in [3.63, 3.8) is 0 Å². The summed E-state index contributed by atoms with van der Waals surface area (Å²) in [6.07, 6.45) is 5.95. The molecule has 0 N–H and O–H groups in total. The first-order valence-corrected chi connectivity index (χ1v) is 6.89. The molecule has 0 aromatic heterocycles. The van der Waals surface area contributed by atoms with Gasteiger partial charge >= 0.3 is 5.97 Å². The Hall–Kier alpha value is -0.830. The van der Waals surface area contributed by atoms with E-state index in [9.17, 15) is 4.79 Å². The molecule has 5 unspecified atom stereocenters. The van der Waals surface area contributed by atoms with Crippen molar-refractivity contribution < 1.29 is 14.3 Å². The van der Waals surface area contributed by atoms with Gasteiger partial charge in [0.05, 0.1) is 6.10 Å². The number of ether oxygens (including phenoxy) is 2. The number of hydrogen-bond donors (Lipinski definition) is 0. The highest BCUT2D eigenvalue weighted by Gasteiger charge is 2.64. The Labute approximate surface area is 109 Å². The van der Waals surface area contributed by atoms with Crippen LogP contribution in [0.3, 0.4) is 0 Å². The van der Waals surface area contributed by atoms with Crippen LogP contribution in [0.1, 0.15) is 40.5 Å². The van der Waals surface area contributed by atoms with E-state index < -0.39 is 11.7 Å². The first-order chi connectivity index (χ1) is 8.34. The summed E-state index contributed by atoms with van der Waals surface area (Å²) < 4.78 is 11.4. The van der Waals surface area contributed by atoms with Crippen LogP contribution in [0.25, 0.3) is 0 Å². The second kappa shape index (κ2) is 3.60. The van der Waals surface area contributed by atoms with Gasteiger partial charge in [0.1, 0.15) is 5.41 Å². The second-order valence-corrected chi connectivity index (χ2v) is 7.09. The highest BCUT2D eigenvalue weighted by molar-refractivity contribution is 5.80. The van der Waals surface area contributed by atoms with Gasteiger partial charge in [-0.3, -0.25) is 4.79 Å². The molecule has 2 bridgehead atoms. The number of carbonyl (C=O) groups excluding carboxylic acids is 1. The van der Waals surface area contributed by atoms with Crippen LogP contribution in [-0.4, -0.2) is 18.4 Å². The second-order valence-electron chi connectivity index (χ2n) is 7.09. The molecule has 3 aliphatic rings. The third-order valence-corrected chi connectivity index (χ3v) is 4.67. The maximum absolute atomic E-state index is 12.5. The van der Waals surface area contributed by atoms with E-state index >= 15 is 0 Å². The van der Waals surface area contributed by atoms with E-state index in [0.29, 0.717) is 11.8 Å². The molecular formula is C15H22O3. The van der Waals surface area contributed by atoms with Gasteiger partial charge < -0.3 is 9.47 Å². The van der Waals surface area contributed by atoms with Gasteiger partial charge in [0.2, 0.25) is 6.29 Å². The zero-order valence-electron chi connectivity index (χ0n) is 11.6. The molecule has 3 rings (SSSR count). The summed E-state index contributed by atoms with van der Waals surface area (Å²) in [5, 5.41) is 0. The smallest absolute Gasteiger partial charge is 0.317 e. The molecule has 1 aliphatic heterocycles. The van der Waals surface area contributed by atoms with Crippen LogP contribution < -0.4 is 0 Å². The van der Waals surface area contributed by atoms with Crippen LogP contribution in [0.2, 0.25) is 0 Å². The predicted octanol–water partition coefficient (Wildman–Crippen LogP) is 2.90. The first kappa shape index (κ1) is 12.2. The fraction of sp³-hybridized carbons (Fsp3) is 0.800. The molecule has 18 heavy (non-hydrogen) atoms. The molecule has 2 aliphatic carbocycles. The van der Waals surface area contributed by atoms with E-state index in [0.717, 1.165) is 12.8 Å². The van der Waals surface area contributed by atoms with Crippen LogP contribution in [0, 0.1) is 22.7 Å². The lowest BCUT2D eigenvalue weighted by molar-refractivity contribution is -0.267. The van der Waals surface area contributed by atoms with Crippen molar-refractivity contribution in [2.24, 2.45) is 22.7 Å². The molecule has 3 heteroatoms. The van der Waals surface area contributed by atoms with E-state index in [1.807, 2.05) is 6.92 Å². The summed E-state index contributed by atoms with van der Waals surface area (Å²) in [5.41, 5.74) is -0.490. The maximum Gasteiger partial charge on any atom is 0.317 e. The summed E-state index contributed by atoms with van der Waals surface area (Å²) in [4.78, 5) is 12.5. The summed E-state index contributed by atoms with van der Waals surface area (Å²) in [5.74, 6) is 0.786. The van der Waals surface area contributed by atoms with Crippen LogP contribution >= 0.6 is 0 Å². The Balaban J connectivity index is 2.04. The number of allylic oxidation sites excluding steroid dienone is 2. The van der Waals surface area contributed by atoms with Gasteiger partial charge in [-0.1, -0.05) is 32.9 Å². The van der Waals surface area contributed by atoms with Gasteiger partial charge in [-0.2, -0.15) is 0 Å². The van der Waals surface area contributed by atoms with Gasteiger partial charge in [-0.05, 0) is 37.0 Å². The maximum atomic E-state index is 12.5. The molecule has 1 saturated heterocycles. The fourth-order valence-electron chi connectivity index (χ4n) is 4.11. The highest BCUT2D eigenvalue weighted by atomic mass is 16.7. The number of hydrogen-bond acceptors (Lipinski definition) is 3. The Bertz CT molecular complexity index is 406. The zero-order valence-corrected chi connectivity index (χ0v) is 11.6. The lowest BCUT2D eigenvalue weighted by Crippen LogP contribution is -2.58. The third-order valence-electron chi connectivity index (χ3n) is 4.67. The summed E-state index contributed by atoms with van der Waals surface area (Å²) in [7, 11) is 0. The fourth-order valence-corrected chi connectivity index (χ4v) is 4.11. The van der Waals surface area contributed by atoms with Crippen molar-refractivity contribution >= 4 is 5.97 Å². The molecule has 0 aromatic carbocycles. The average Bonchev–Trinajstić information content (AvgIpc) is 2.82. The minimum atomic E-state index is -0.440. The van der Waals surface area contributed by atoms with Crippen molar-refractivity contribution in [2.75, 3.05) is 0 Å². The van der Waals surface area contributed by atoms with E-state index in [-0.39, 0.29) is 17.5 Å². The predicted molar refractivity (Wildman–Crippen MR) is 67.7 cm³/mol. The molecule has 0 radical (unpaired) electrons. The number of carbonyl (C=O) groups is 1. The van der Waals surface area contributed by atoms with Gasteiger partial charge in [0.25, 0.3) is 0 Å². The molecule has 1 spiro atoms. The van der Waals surface area contributed by atoms with Crippen molar-refractivity contribution in [1.82, 2.24) is 0 Å². The number of fused-ring (bicyclic) bond motifs is 3. The van der Waals surface area contributed by atoms with Crippen molar-refractivity contribution in [1.29, 1.82) is 0 Å². The summed E-state index contributed by atoms with van der Waals surface area (Å²) in [6.45, 7) is 8.27. The van der Waals surface area contributed by atoms with Crippen LogP contribution in [-0.2, 0) is 14.3 Å². The molecule has 2 fully saturated rings. The molecule has 100 valence electrons. The minimum Gasteiger partial charge on any atom is -0.436 e. The van der Waals surface area contributed by atoms with Crippen LogP contribution in [0.15, 0.2) is 12.2 Å². The largest absolute Gasteiger partial charge is 0.436 e. The molecule has 0 amide bonds. The molecule has 1 heterocycles. The molecule has 5 atom stereocenters. The van der Waals surface area contributed by atoms with Gasteiger partial charge in [-0.25, -0.2) is 0 Å². The molecule has 0 aromatic rings. The standard InChI is InChI=1S/C15H22O3/c1-9-17-12(14(2,3)4)15(13(16)18-9)8-10-5-6-11(15)7-10/h5-6,9-12H,7-8H2,1-4H3. The average molecular weight is 250 g/mol. The SMILES string of the molecule is CC1OC(=O)C2(CC3C=CC2C3)C(C(C)(C)C)O1. The van der Waals surface area contributed by atoms with Crippen molar-refractivity contribution in [3.05, 3.63) is 12.2 Å².